The van der Waals surface area contributed by atoms with Crippen molar-refractivity contribution in [3.05, 3.63) is 54.1 Å². The summed E-state index contributed by atoms with van der Waals surface area (Å²) >= 11 is 0. The third-order valence-electron chi connectivity index (χ3n) is 5.37. The van der Waals surface area contributed by atoms with Gasteiger partial charge in [-0.15, -0.1) is 0 Å². The number of benzene rings is 2. The van der Waals surface area contributed by atoms with Crippen molar-refractivity contribution in [2.24, 2.45) is 0 Å². The van der Waals surface area contributed by atoms with Crippen LogP contribution in [0.2, 0.25) is 0 Å². The molecule has 4 rings (SSSR count). The first-order valence-corrected chi connectivity index (χ1v) is 10.2. The Bertz CT molecular complexity index is 831. The monoisotopic (exact) mass is 396 g/mol. The van der Waals surface area contributed by atoms with Gasteiger partial charge < -0.3 is 24.0 Å². The van der Waals surface area contributed by atoms with E-state index in [1.807, 2.05) is 43.3 Å². The molecule has 0 aliphatic carbocycles. The molecule has 0 spiro atoms. The minimum atomic E-state index is -0.646. The number of anilines is 1. The third-order valence-corrected chi connectivity index (χ3v) is 5.37. The van der Waals surface area contributed by atoms with Crippen LogP contribution in [0.25, 0.3) is 0 Å². The van der Waals surface area contributed by atoms with Crippen molar-refractivity contribution >= 4 is 11.6 Å². The number of carbonyl (C=O) groups is 1. The van der Waals surface area contributed by atoms with Gasteiger partial charge in [0.05, 0.1) is 6.10 Å². The molecule has 0 N–H and O–H groups in total. The van der Waals surface area contributed by atoms with Crippen molar-refractivity contribution in [2.45, 2.75) is 31.6 Å². The average Bonchev–Trinajstić information content (AvgIpc) is 3.26. The van der Waals surface area contributed by atoms with Crippen LogP contribution in [0, 0.1) is 0 Å². The Morgan fingerprint density at radius 3 is 2.52 bits per heavy atom. The first kappa shape index (κ1) is 19.6. The highest BCUT2D eigenvalue weighted by Crippen LogP contribution is 2.31. The molecule has 2 heterocycles. The molecule has 29 heavy (non-hydrogen) atoms. The van der Waals surface area contributed by atoms with Gasteiger partial charge >= 0.3 is 0 Å². The second kappa shape index (κ2) is 8.74. The van der Waals surface area contributed by atoms with Gasteiger partial charge in [-0.1, -0.05) is 24.3 Å². The van der Waals surface area contributed by atoms with Crippen LogP contribution in [0.15, 0.2) is 48.5 Å². The molecule has 6 heteroatoms. The molecular weight excluding hydrogens is 368 g/mol. The lowest BCUT2D eigenvalue weighted by Crippen LogP contribution is -2.48. The minimum absolute atomic E-state index is 0.0633. The van der Waals surface area contributed by atoms with Gasteiger partial charge in [-0.05, 0) is 42.7 Å². The Labute approximate surface area is 172 Å². The van der Waals surface area contributed by atoms with Gasteiger partial charge in [-0.25, -0.2) is 0 Å². The molecule has 2 atom stereocenters. The molecule has 154 valence electrons. The highest BCUT2D eigenvalue weighted by molar-refractivity contribution is 5.82. The third kappa shape index (κ3) is 4.65. The van der Waals surface area contributed by atoms with E-state index in [0.29, 0.717) is 24.6 Å². The summed E-state index contributed by atoms with van der Waals surface area (Å²) in [4.78, 5) is 17.2. The number of rotatable bonds is 6. The van der Waals surface area contributed by atoms with Gasteiger partial charge in [0.2, 0.25) is 6.10 Å². The lowest BCUT2D eigenvalue weighted by atomic mass is 10.1. The first-order chi connectivity index (χ1) is 14.1. The first-order valence-electron chi connectivity index (χ1n) is 10.2. The Hall–Kier alpha value is -2.73. The van der Waals surface area contributed by atoms with Crippen molar-refractivity contribution in [1.82, 2.24) is 4.90 Å². The maximum Gasteiger partial charge on any atom is 0.267 e. The molecule has 0 aromatic heterocycles. The molecule has 0 unspecified atom stereocenters. The van der Waals surface area contributed by atoms with E-state index in [1.165, 1.54) is 0 Å². The quantitative estimate of drug-likeness (QED) is 0.751. The number of para-hydroxylation sites is 2. The van der Waals surface area contributed by atoms with Crippen molar-refractivity contribution in [3.8, 4) is 11.5 Å². The average molecular weight is 396 g/mol. The molecular formula is C23H28N2O4. The fourth-order valence-electron chi connectivity index (χ4n) is 3.73. The van der Waals surface area contributed by atoms with Crippen LogP contribution >= 0.6 is 0 Å². The summed E-state index contributed by atoms with van der Waals surface area (Å²) in [5.74, 6) is 1.23. The summed E-state index contributed by atoms with van der Waals surface area (Å²) < 4.78 is 17.5. The second-order valence-electron chi connectivity index (χ2n) is 7.78. The molecule has 2 aromatic rings. The maximum atomic E-state index is 13.3. The zero-order chi connectivity index (χ0) is 20.2. The molecule has 1 saturated heterocycles. The Balaban J connectivity index is 1.49. The number of ether oxygens (including phenoxy) is 3. The van der Waals surface area contributed by atoms with Gasteiger partial charge in [0.25, 0.3) is 5.91 Å². The Morgan fingerprint density at radius 1 is 1.07 bits per heavy atom. The summed E-state index contributed by atoms with van der Waals surface area (Å²) in [6.07, 6.45) is 1.46. The highest BCUT2D eigenvalue weighted by Gasteiger charge is 2.33. The summed E-state index contributed by atoms with van der Waals surface area (Å²) in [6, 6.07) is 15.7. The number of carbonyl (C=O) groups excluding carboxylic acids is 1. The molecule has 2 aliphatic heterocycles. The molecule has 0 radical (unpaired) electrons. The maximum absolute atomic E-state index is 13.3. The van der Waals surface area contributed by atoms with E-state index >= 15 is 0 Å². The van der Waals surface area contributed by atoms with Gasteiger partial charge in [0.1, 0.15) is 6.61 Å². The Kier molecular flexibility index (Phi) is 5.90. The SMILES string of the molecule is CN(C)c1ccc(CN(C[C@@H]2CCCO2)C(=O)[C@H]2COc3ccccc3O2)cc1. The molecule has 2 aromatic carbocycles. The predicted molar refractivity (Wildman–Crippen MR) is 112 cm³/mol. The number of hydrogen-bond acceptors (Lipinski definition) is 5. The van der Waals surface area contributed by atoms with E-state index in [0.717, 1.165) is 30.7 Å². The molecule has 0 bridgehead atoms. The van der Waals surface area contributed by atoms with Crippen LogP contribution in [0.1, 0.15) is 18.4 Å². The number of nitrogens with zero attached hydrogens (tertiary/aromatic N) is 2. The topological polar surface area (TPSA) is 51.2 Å². The van der Waals surface area contributed by atoms with Gasteiger partial charge in [0, 0.05) is 39.5 Å². The Morgan fingerprint density at radius 2 is 1.83 bits per heavy atom. The van der Waals surface area contributed by atoms with Crippen LogP contribution in [0.4, 0.5) is 5.69 Å². The number of fused-ring (bicyclic) bond motifs is 1. The normalized spacial score (nSPS) is 20.3. The summed E-state index contributed by atoms with van der Waals surface area (Å²) in [5, 5.41) is 0. The lowest BCUT2D eigenvalue weighted by Gasteiger charge is -2.32. The zero-order valence-corrected chi connectivity index (χ0v) is 17.0. The molecule has 1 fully saturated rings. The van der Waals surface area contributed by atoms with Crippen LogP contribution in [-0.4, -0.2) is 56.9 Å². The van der Waals surface area contributed by atoms with Crippen molar-refractivity contribution in [1.29, 1.82) is 0 Å². The summed E-state index contributed by atoms with van der Waals surface area (Å²) in [5.41, 5.74) is 2.21. The smallest absolute Gasteiger partial charge is 0.267 e. The van der Waals surface area contributed by atoms with Gasteiger partial charge in [-0.3, -0.25) is 4.79 Å². The number of hydrogen-bond donors (Lipinski definition) is 0. The van der Waals surface area contributed by atoms with Crippen LogP contribution in [-0.2, 0) is 16.1 Å². The van der Waals surface area contributed by atoms with Crippen molar-refractivity contribution < 1.29 is 19.0 Å². The zero-order valence-electron chi connectivity index (χ0n) is 17.0. The second-order valence-corrected chi connectivity index (χ2v) is 7.78. The van der Waals surface area contributed by atoms with E-state index in [2.05, 4.69) is 29.2 Å². The van der Waals surface area contributed by atoms with E-state index in [-0.39, 0.29) is 18.6 Å². The van der Waals surface area contributed by atoms with Crippen LogP contribution < -0.4 is 14.4 Å². The van der Waals surface area contributed by atoms with Crippen LogP contribution in [0.5, 0.6) is 11.5 Å². The fourth-order valence-corrected chi connectivity index (χ4v) is 3.73. The lowest BCUT2D eigenvalue weighted by molar-refractivity contribution is -0.143. The number of amides is 1. The largest absolute Gasteiger partial charge is 0.485 e. The summed E-state index contributed by atoms with van der Waals surface area (Å²) in [7, 11) is 4.03. The minimum Gasteiger partial charge on any atom is -0.485 e. The van der Waals surface area contributed by atoms with Crippen LogP contribution in [0.3, 0.4) is 0 Å². The van der Waals surface area contributed by atoms with E-state index in [9.17, 15) is 4.79 Å². The predicted octanol–water partition coefficient (Wildman–Crippen LogP) is 3.10. The van der Waals surface area contributed by atoms with E-state index in [4.69, 9.17) is 14.2 Å². The van der Waals surface area contributed by atoms with Gasteiger partial charge in [0.15, 0.2) is 11.5 Å². The molecule has 0 saturated carbocycles. The molecule has 1 amide bonds. The van der Waals surface area contributed by atoms with E-state index in [1.54, 1.807) is 0 Å². The highest BCUT2D eigenvalue weighted by atomic mass is 16.6. The van der Waals surface area contributed by atoms with Crippen molar-refractivity contribution in [3.63, 3.8) is 0 Å². The van der Waals surface area contributed by atoms with E-state index < -0.39 is 6.10 Å². The standard InChI is InChI=1S/C23H28N2O4/c1-24(2)18-11-9-17(10-12-18)14-25(15-19-6-5-13-27-19)23(26)22-16-28-20-7-3-4-8-21(20)29-22/h3-4,7-12,19,22H,5-6,13-16H2,1-2H3/t19-,22+/m0/s1. The van der Waals surface area contributed by atoms with Crippen molar-refractivity contribution in [2.75, 3.05) is 38.8 Å². The van der Waals surface area contributed by atoms with Gasteiger partial charge in [-0.2, -0.15) is 0 Å². The molecule has 6 nitrogen and oxygen atoms in total. The molecule has 2 aliphatic rings. The summed E-state index contributed by atoms with van der Waals surface area (Å²) in [6.45, 7) is 2.07. The fraction of sp³-hybridized carbons (Fsp3) is 0.435.